The lowest BCUT2D eigenvalue weighted by Gasteiger charge is -2.10. The lowest BCUT2D eigenvalue weighted by atomic mass is 10.0. The third-order valence-corrected chi connectivity index (χ3v) is 4.57. The van der Waals surface area contributed by atoms with Gasteiger partial charge in [0.2, 0.25) is 0 Å². The van der Waals surface area contributed by atoms with Gasteiger partial charge in [-0.05, 0) is 48.4 Å². The molecule has 130 valence electrons. The maximum absolute atomic E-state index is 9.54. The normalized spacial score (nSPS) is 11.2. The summed E-state index contributed by atoms with van der Waals surface area (Å²) in [5.41, 5.74) is 2.26. The molecule has 0 heterocycles. The molecule has 0 radical (unpaired) electrons. The molecule has 2 aromatic rings. The van der Waals surface area contributed by atoms with E-state index in [0.717, 1.165) is 34.2 Å². The fourth-order valence-corrected chi connectivity index (χ4v) is 2.88. The van der Waals surface area contributed by atoms with Crippen LogP contribution >= 0.6 is 27.5 Å². The van der Waals surface area contributed by atoms with E-state index in [1.807, 2.05) is 48.5 Å². The van der Waals surface area contributed by atoms with Crippen LogP contribution in [-0.4, -0.2) is 6.61 Å². The molecule has 0 spiro atoms. The molecule has 0 saturated heterocycles. The number of ether oxygens (including phenoxy) is 1. The molecule has 0 aromatic heterocycles. The van der Waals surface area contributed by atoms with Gasteiger partial charge in [-0.15, -0.1) is 0 Å². The van der Waals surface area contributed by atoms with Crippen molar-refractivity contribution in [2.24, 2.45) is 0 Å². The molecule has 4 heteroatoms. The summed E-state index contributed by atoms with van der Waals surface area (Å²) in [5.74, 6) is 0.755. The maximum atomic E-state index is 9.54. The average molecular weight is 419 g/mol. The molecule has 0 fully saturated rings. The summed E-state index contributed by atoms with van der Waals surface area (Å²) in [6.07, 6.45) is 6.44. The first kappa shape index (κ1) is 19.6. The molecule has 0 amide bonds. The first-order valence-corrected chi connectivity index (χ1v) is 9.61. The Kier molecular flexibility index (Phi) is 8.04. The average Bonchev–Trinajstić information content (AvgIpc) is 2.62. The highest BCUT2D eigenvalue weighted by molar-refractivity contribution is 9.10. The van der Waals surface area contributed by atoms with E-state index >= 15 is 0 Å². The highest BCUT2D eigenvalue weighted by Gasteiger charge is 2.07. The lowest BCUT2D eigenvalue weighted by molar-refractivity contribution is 0.304. The summed E-state index contributed by atoms with van der Waals surface area (Å²) < 4.78 is 6.90. The molecule has 0 atom stereocenters. The number of nitrogens with zero attached hydrogens (tertiary/aromatic N) is 1. The van der Waals surface area contributed by atoms with Crippen LogP contribution in [0.5, 0.6) is 5.75 Å². The molecular weight excluding hydrogens is 398 g/mol. The number of hydrogen-bond acceptors (Lipinski definition) is 2. The Bertz CT molecular complexity index is 762. The zero-order chi connectivity index (χ0) is 18.1. The first-order chi connectivity index (χ1) is 12.1. The van der Waals surface area contributed by atoms with Gasteiger partial charge in [0.25, 0.3) is 0 Å². The Balaban J connectivity index is 2.22. The van der Waals surface area contributed by atoms with Gasteiger partial charge in [-0.1, -0.05) is 65.8 Å². The van der Waals surface area contributed by atoms with E-state index in [-0.39, 0.29) is 0 Å². The van der Waals surface area contributed by atoms with Crippen molar-refractivity contribution in [1.29, 1.82) is 5.26 Å². The van der Waals surface area contributed by atoms with Crippen LogP contribution in [0.25, 0.3) is 11.6 Å². The molecular formula is C21H21BrClNO. The largest absolute Gasteiger partial charge is 0.493 e. The van der Waals surface area contributed by atoms with Crippen LogP contribution < -0.4 is 4.74 Å². The van der Waals surface area contributed by atoms with E-state index in [0.29, 0.717) is 17.2 Å². The summed E-state index contributed by atoms with van der Waals surface area (Å²) in [4.78, 5) is 0. The molecule has 0 N–H and O–H groups in total. The molecule has 0 aliphatic rings. The molecule has 25 heavy (non-hydrogen) atoms. The molecule has 0 unspecified atom stereocenters. The van der Waals surface area contributed by atoms with Crippen LogP contribution in [0.1, 0.15) is 43.7 Å². The van der Waals surface area contributed by atoms with E-state index in [1.165, 1.54) is 12.8 Å². The molecule has 2 rings (SSSR count). The molecule has 2 aromatic carbocycles. The highest BCUT2D eigenvalue weighted by atomic mass is 79.9. The van der Waals surface area contributed by atoms with E-state index in [2.05, 4.69) is 28.9 Å². The van der Waals surface area contributed by atoms with E-state index < -0.39 is 0 Å². The summed E-state index contributed by atoms with van der Waals surface area (Å²) in [6.45, 7) is 2.86. The van der Waals surface area contributed by atoms with Crippen LogP contribution in [-0.2, 0) is 0 Å². The summed E-state index contributed by atoms with van der Waals surface area (Å²) >= 11 is 9.55. The Morgan fingerprint density at radius 1 is 1.16 bits per heavy atom. The smallest absolute Gasteiger partial charge is 0.126 e. The summed E-state index contributed by atoms with van der Waals surface area (Å²) in [5, 5.41) is 10.2. The van der Waals surface area contributed by atoms with Crippen LogP contribution in [0, 0.1) is 11.3 Å². The molecule has 0 bridgehead atoms. The van der Waals surface area contributed by atoms with E-state index in [9.17, 15) is 5.26 Å². The maximum Gasteiger partial charge on any atom is 0.126 e. The zero-order valence-corrected chi connectivity index (χ0v) is 16.6. The quantitative estimate of drug-likeness (QED) is 0.259. The lowest BCUT2D eigenvalue weighted by Crippen LogP contribution is -1.99. The first-order valence-electron chi connectivity index (χ1n) is 8.44. The van der Waals surface area contributed by atoms with Gasteiger partial charge in [0.15, 0.2) is 0 Å². The van der Waals surface area contributed by atoms with Gasteiger partial charge in [0.1, 0.15) is 5.75 Å². The molecule has 0 aliphatic carbocycles. The third kappa shape index (κ3) is 6.23. The van der Waals surface area contributed by atoms with Gasteiger partial charge in [0, 0.05) is 15.1 Å². The van der Waals surface area contributed by atoms with Crippen LogP contribution in [0.4, 0.5) is 0 Å². The number of nitriles is 1. The van der Waals surface area contributed by atoms with Crippen LogP contribution in [0.2, 0.25) is 5.02 Å². The Labute approximate surface area is 163 Å². The minimum atomic E-state index is 0.575. The fourth-order valence-electron chi connectivity index (χ4n) is 2.44. The van der Waals surface area contributed by atoms with Crippen molar-refractivity contribution in [3.63, 3.8) is 0 Å². The predicted molar refractivity (Wildman–Crippen MR) is 109 cm³/mol. The van der Waals surface area contributed by atoms with E-state index in [4.69, 9.17) is 16.3 Å². The zero-order valence-electron chi connectivity index (χ0n) is 14.3. The Morgan fingerprint density at radius 2 is 1.92 bits per heavy atom. The summed E-state index contributed by atoms with van der Waals surface area (Å²) in [7, 11) is 0. The third-order valence-electron chi connectivity index (χ3n) is 3.80. The predicted octanol–water partition coefficient (Wildman–Crippen LogP) is 7.13. The second kappa shape index (κ2) is 10.3. The minimum Gasteiger partial charge on any atom is -0.493 e. The van der Waals surface area contributed by atoms with Crippen molar-refractivity contribution >= 4 is 39.2 Å². The van der Waals surface area contributed by atoms with Crippen molar-refractivity contribution in [3.05, 3.63) is 63.1 Å². The van der Waals surface area contributed by atoms with Gasteiger partial charge in [-0.25, -0.2) is 0 Å². The number of hydrogen-bond donors (Lipinski definition) is 0. The highest BCUT2D eigenvalue weighted by Crippen LogP contribution is 2.28. The van der Waals surface area contributed by atoms with Gasteiger partial charge in [-0.3, -0.25) is 0 Å². The molecule has 2 nitrogen and oxygen atoms in total. The van der Waals surface area contributed by atoms with Gasteiger partial charge >= 0.3 is 0 Å². The number of unbranched alkanes of at least 4 members (excludes halogenated alkanes) is 3. The number of halogens is 2. The number of rotatable bonds is 8. The Hall–Kier alpha value is -1.76. The number of benzene rings is 2. The fraction of sp³-hybridized carbons (Fsp3) is 0.286. The SMILES string of the molecule is CCCCCCOc1ccc(Cl)cc1C=C(C#N)c1ccc(Br)cc1. The van der Waals surface area contributed by atoms with Crippen LogP contribution in [0.3, 0.4) is 0 Å². The topological polar surface area (TPSA) is 33.0 Å². The summed E-state index contributed by atoms with van der Waals surface area (Å²) in [6, 6.07) is 15.4. The standard InChI is InChI=1S/C21H21BrClNO/c1-2-3-4-5-12-25-21-11-10-20(23)14-17(21)13-18(15-24)16-6-8-19(22)9-7-16/h6-11,13-14H,2-5,12H2,1H3. The van der Waals surface area contributed by atoms with Gasteiger partial charge < -0.3 is 4.74 Å². The van der Waals surface area contributed by atoms with Crippen molar-refractivity contribution in [1.82, 2.24) is 0 Å². The van der Waals surface area contributed by atoms with Crippen molar-refractivity contribution < 1.29 is 4.74 Å². The second-order valence-corrected chi connectivity index (χ2v) is 7.12. The minimum absolute atomic E-state index is 0.575. The van der Waals surface area contributed by atoms with Crippen molar-refractivity contribution in [2.75, 3.05) is 6.61 Å². The van der Waals surface area contributed by atoms with Gasteiger partial charge in [0.05, 0.1) is 18.2 Å². The van der Waals surface area contributed by atoms with E-state index in [1.54, 1.807) is 0 Å². The van der Waals surface area contributed by atoms with Gasteiger partial charge in [-0.2, -0.15) is 5.26 Å². The molecule has 0 saturated carbocycles. The van der Waals surface area contributed by atoms with Crippen LogP contribution in [0.15, 0.2) is 46.9 Å². The Morgan fingerprint density at radius 3 is 2.60 bits per heavy atom. The monoisotopic (exact) mass is 417 g/mol. The van der Waals surface area contributed by atoms with Crippen molar-refractivity contribution in [2.45, 2.75) is 32.6 Å². The second-order valence-electron chi connectivity index (χ2n) is 5.77. The van der Waals surface area contributed by atoms with Crippen molar-refractivity contribution in [3.8, 4) is 11.8 Å². The number of allylic oxidation sites excluding steroid dienone is 1. The molecule has 0 aliphatic heterocycles.